The molecule has 0 saturated carbocycles. The number of morpholine rings is 1. The fourth-order valence-electron chi connectivity index (χ4n) is 8.10. The van der Waals surface area contributed by atoms with Crippen LogP contribution in [-0.2, 0) is 17.8 Å². The first-order chi connectivity index (χ1) is 34.8. The molecule has 10 heterocycles. The summed E-state index contributed by atoms with van der Waals surface area (Å²) >= 11 is 5.93. The predicted molar refractivity (Wildman–Crippen MR) is 279 cm³/mol. The van der Waals surface area contributed by atoms with Gasteiger partial charge in [-0.05, 0) is 50.2 Å². The SMILES string of the molecule is Cc1nc(-c2cccnc2)sc1C(=O)Nc1ccccc1-c1cn2c(CN3CCOCC3)csc2n1.Cc1nc(-c2cccnc2)sc1C(=O)Nc1ccccc1-c1cn2c(C[N+]3=NCN=C3)csc2n1. The van der Waals surface area contributed by atoms with E-state index in [4.69, 9.17) is 14.7 Å². The minimum absolute atomic E-state index is 0.179. The zero-order chi connectivity index (χ0) is 48.3. The molecule has 2 amide bonds. The number of aryl methyl sites for hydroxylation is 2. The van der Waals surface area contributed by atoms with Crippen LogP contribution in [0, 0.1) is 13.8 Å². The molecule has 2 aromatic carbocycles. The molecular weight excluding hydrogens is 973 g/mol. The number of hydrogen-bond donors (Lipinski definition) is 2. The fourth-order valence-corrected chi connectivity index (χ4v) is 11.7. The second kappa shape index (κ2) is 20.4. The molecule has 8 aromatic heterocycles. The zero-order valence-corrected chi connectivity index (χ0v) is 41.6. The van der Waals surface area contributed by atoms with Gasteiger partial charge in [0.05, 0.1) is 53.1 Å². The number of hydrogen-bond acceptors (Lipinski definition) is 16. The van der Waals surface area contributed by atoms with Gasteiger partial charge in [-0.1, -0.05) is 46.5 Å². The van der Waals surface area contributed by atoms with E-state index in [0.29, 0.717) is 40.0 Å². The normalized spacial score (nSPS) is 13.6. The van der Waals surface area contributed by atoms with Crippen LogP contribution in [0.4, 0.5) is 11.4 Å². The summed E-state index contributed by atoms with van der Waals surface area (Å²) in [4.78, 5) is 63.2. The Bertz CT molecular complexity index is 3600. The van der Waals surface area contributed by atoms with Gasteiger partial charge in [-0.2, -0.15) is 0 Å². The van der Waals surface area contributed by atoms with Gasteiger partial charge in [-0.3, -0.25) is 33.3 Å². The van der Waals surface area contributed by atoms with Crippen LogP contribution in [0.25, 0.3) is 53.6 Å². The fraction of sp³-hybridized carbons (Fsp3) is 0.180. The number of carbonyl (C=O) groups is 2. The van der Waals surface area contributed by atoms with Crippen LogP contribution in [0.2, 0.25) is 0 Å². The van der Waals surface area contributed by atoms with Crippen molar-refractivity contribution in [1.82, 2.24) is 43.6 Å². The van der Waals surface area contributed by atoms with E-state index in [1.807, 2.05) is 97.5 Å². The van der Waals surface area contributed by atoms with Gasteiger partial charge >= 0.3 is 6.34 Å². The smallest absolute Gasteiger partial charge is 0.303 e. The molecular formula is C50H43N14O3S4+. The second-order valence-corrected chi connectivity index (χ2v) is 20.1. The molecule has 2 aliphatic rings. The van der Waals surface area contributed by atoms with Crippen LogP contribution in [0.5, 0.6) is 0 Å². The predicted octanol–water partition coefficient (Wildman–Crippen LogP) is 10.1. The molecule has 2 N–H and O–H groups in total. The lowest BCUT2D eigenvalue weighted by Crippen LogP contribution is -2.35. The monoisotopic (exact) mass is 1020 g/mol. The number of fused-ring (bicyclic) bond motifs is 2. The van der Waals surface area contributed by atoms with Crippen LogP contribution in [-0.4, -0.2) is 99.4 Å². The Kier molecular flexibility index (Phi) is 13.2. The second-order valence-electron chi connectivity index (χ2n) is 16.4. The molecule has 2 aliphatic heterocycles. The Balaban J connectivity index is 0.000000154. The number of carbonyl (C=O) groups excluding carboxylic acids is 2. The lowest BCUT2D eigenvalue weighted by Gasteiger charge is -2.26. The number of nitrogens with zero attached hydrogens (tertiary/aromatic N) is 12. The maximum atomic E-state index is 13.3. The lowest BCUT2D eigenvalue weighted by atomic mass is 10.1. The summed E-state index contributed by atoms with van der Waals surface area (Å²) in [5, 5.41) is 16.3. The third kappa shape index (κ3) is 9.96. The molecule has 10 aromatic rings. The number of pyridine rings is 2. The molecule has 0 spiro atoms. The average Bonchev–Trinajstić information content (AvgIpc) is 4.28. The van der Waals surface area contributed by atoms with Crippen molar-refractivity contribution in [2.75, 3.05) is 43.6 Å². The Hall–Kier alpha value is -7.53. The molecule has 21 heteroatoms. The molecule has 1 fully saturated rings. The number of benzene rings is 2. The van der Waals surface area contributed by atoms with Gasteiger partial charge in [0, 0.05) is 95.5 Å². The van der Waals surface area contributed by atoms with E-state index in [1.54, 1.807) is 53.8 Å². The van der Waals surface area contributed by atoms with Crippen molar-refractivity contribution in [3.63, 3.8) is 0 Å². The van der Waals surface area contributed by atoms with E-state index < -0.39 is 0 Å². The van der Waals surface area contributed by atoms with Crippen molar-refractivity contribution in [1.29, 1.82) is 0 Å². The molecule has 0 bridgehead atoms. The van der Waals surface area contributed by atoms with E-state index in [2.05, 4.69) is 71.3 Å². The summed E-state index contributed by atoms with van der Waals surface area (Å²) in [5.41, 5.74) is 10.2. The quantitative estimate of drug-likeness (QED) is 0.112. The Morgan fingerprint density at radius 3 is 1.73 bits per heavy atom. The third-order valence-electron chi connectivity index (χ3n) is 11.6. The molecule has 1 saturated heterocycles. The lowest BCUT2D eigenvalue weighted by molar-refractivity contribution is -0.485. The summed E-state index contributed by atoms with van der Waals surface area (Å²) in [6.45, 7) is 9.09. The number of azo groups is 2. The van der Waals surface area contributed by atoms with Crippen LogP contribution in [0.15, 0.2) is 131 Å². The highest BCUT2D eigenvalue weighted by Crippen LogP contribution is 2.34. The topological polar surface area (TPSA) is 185 Å². The van der Waals surface area contributed by atoms with Crippen molar-refractivity contribution < 1.29 is 19.0 Å². The molecule has 0 atom stereocenters. The molecule has 0 radical (unpaired) electrons. The van der Waals surface area contributed by atoms with Crippen LogP contribution < -0.4 is 10.6 Å². The standard InChI is InChI=1S/C26H24N6O2S2.C24H18N8OS2/c1-17-23(36-25(28-17)18-5-4-8-27-13-18)24(33)29-21-7-3-2-6-20(21)22-15-32-19(16-35-26(32)30-22)14-31-9-11-34-12-10-31;1-15-21(35-23(28-15)16-5-4-8-25-9-16)22(33)29-19-7-3-2-6-18(19)20-11-32-17(12-34-24(32)30-20)10-31-14-26-13-27-31/h2-8,13,15-16H,9-12,14H2,1H3,(H,29,33);2-9,11-12,14H,10,13H2,1H3/p+1. The molecule has 0 aliphatic carbocycles. The zero-order valence-electron chi connectivity index (χ0n) is 38.3. The van der Waals surface area contributed by atoms with Gasteiger partial charge in [0.15, 0.2) is 16.5 Å². The first-order valence-electron chi connectivity index (χ1n) is 22.5. The molecule has 17 nitrogen and oxygen atoms in total. The van der Waals surface area contributed by atoms with Gasteiger partial charge in [-0.25, -0.2) is 19.9 Å². The number of rotatable bonds is 12. The van der Waals surface area contributed by atoms with E-state index in [9.17, 15) is 9.59 Å². The van der Waals surface area contributed by atoms with Gasteiger partial charge < -0.3 is 15.4 Å². The highest BCUT2D eigenvalue weighted by Gasteiger charge is 2.23. The van der Waals surface area contributed by atoms with Crippen molar-refractivity contribution in [2.24, 2.45) is 10.1 Å². The minimum atomic E-state index is -0.195. The third-order valence-corrected chi connectivity index (χ3v) is 15.8. The van der Waals surface area contributed by atoms with E-state index in [1.165, 1.54) is 28.4 Å². The Morgan fingerprint density at radius 1 is 0.676 bits per heavy atom. The maximum absolute atomic E-state index is 13.3. The van der Waals surface area contributed by atoms with E-state index in [-0.39, 0.29) is 11.8 Å². The minimum Gasteiger partial charge on any atom is -0.379 e. The summed E-state index contributed by atoms with van der Waals surface area (Å²) in [5.74, 6) is -0.374. The van der Waals surface area contributed by atoms with Crippen molar-refractivity contribution in [2.45, 2.75) is 26.9 Å². The van der Waals surface area contributed by atoms with Crippen LogP contribution in [0.1, 0.15) is 42.1 Å². The Morgan fingerprint density at radius 2 is 1.21 bits per heavy atom. The first kappa shape index (κ1) is 45.9. The number of ether oxygens (including phenoxy) is 1. The average molecular weight is 1020 g/mol. The first-order valence-corrected chi connectivity index (χ1v) is 25.9. The molecule has 12 rings (SSSR count). The Labute approximate surface area is 422 Å². The van der Waals surface area contributed by atoms with Gasteiger partial charge in [0.1, 0.15) is 19.8 Å². The maximum Gasteiger partial charge on any atom is 0.303 e. The number of thiazole rings is 4. The van der Waals surface area contributed by atoms with Crippen molar-refractivity contribution in [3.05, 3.63) is 153 Å². The highest BCUT2D eigenvalue weighted by atomic mass is 32.1. The van der Waals surface area contributed by atoms with Crippen LogP contribution in [0.3, 0.4) is 0 Å². The van der Waals surface area contributed by atoms with E-state index >= 15 is 0 Å². The molecule has 0 unspecified atom stereocenters. The summed E-state index contributed by atoms with van der Waals surface area (Å²) in [6, 6.07) is 23.1. The van der Waals surface area contributed by atoms with Crippen molar-refractivity contribution in [3.8, 4) is 43.7 Å². The summed E-state index contributed by atoms with van der Waals surface area (Å²) in [6.07, 6.45) is 12.7. The van der Waals surface area contributed by atoms with Gasteiger partial charge in [0.25, 0.3) is 18.5 Å². The number of nitrogens with one attached hydrogen (secondary N) is 2. The number of aromatic nitrogens is 8. The highest BCUT2D eigenvalue weighted by molar-refractivity contribution is 7.17. The summed E-state index contributed by atoms with van der Waals surface area (Å²) < 4.78 is 11.5. The van der Waals surface area contributed by atoms with Crippen LogP contribution >= 0.6 is 45.3 Å². The van der Waals surface area contributed by atoms with Gasteiger partial charge in [0.2, 0.25) is 0 Å². The number of para-hydroxylation sites is 2. The largest absolute Gasteiger partial charge is 0.379 e. The number of imidazole rings is 2. The number of amides is 2. The van der Waals surface area contributed by atoms with Crippen molar-refractivity contribution >= 4 is 84.8 Å². The molecule has 71 heavy (non-hydrogen) atoms. The molecule has 354 valence electrons. The number of aliphatic imine (C=N–C) groups is 1. The summed E-state index contributed by atoms with van der Waals surface area (Å²) in [7, 11) is 0. The van der Waals surface area contributed by atoms with E-state index in [0.717, 1.165) is 97.8 Å². The number of anilines is 2. The van der Waals surface area contributed by atoms with Gasteiger partial charge in [-0.15, -0.1) is 50.0 Å².